The van der Waals surface area contributed by atoms with Crippen molar-refractivity contribution in [2.24, 2.45) is 5.41 Å². The van der Waals surface area contributed by atoms with Crippen LogP contribution in [0.3, 0.4) is 0 Å². The summed E-state index contributed by atoms with van der Waals surface area (Å²) in [5.74, 6) is 0. The van der Waals surface area contributed by atoms with E-state index in [-0.39, 0.29) is 5.41 Å². The molecule has 1 aromatic rings. The highest BCUT2D eigenvalue weighted by Crippen LogP contribution is 2.39. The average molecular weight is 271 g/mol. The lowest BCUT2D eigenvalue weighted by Crippen LogP contribution is -2.32. The Bertz CT molecular complexity index is 517. The number of sulfonamides is 1. The molecule has 5 nitrogen and oxygen atoms in total. The van der Waals surface area contributed by atoms with Gasteiger partial charge >= 0.3 is 0 Å². The molecule has 2 heterocycles. The van der Waals surface area contributed by atoms with E-state index in [1.54, 1.807) is 11.2 Å². The predicted molar refractivity (Wildman–Crippen MR) is 69.7 cm³/mol. The molecular weight excluding hydrogens is 250 g/mol. The second-order valence-corrected chi connectivity index (χ2v) is 7.06. The van der Waals surface area contributed by atoms with E-state index in [2.05, 4.69) is 24.0 Å². The van der Waals surface area contributed by atoms with Crippen LogP contribution in [0.4, 0.5) is 0 Å². The van der Waals surface area contributed by atoms with Crippen LogP contribution >= 0.6 is 0 Å². The fraction of sp³-hybridized carbons (Fsp3) is 0.750. The molecule has 2 rings (SSSR count). The zero-order chi connectivity index (χ0) is 13.4. The van der Waals surface area contributed by atoms with Crippen molar-refractivity contribution < 1.29 is 8.42 Å². The summed E-state index contributed by atoms with van der Waals surface area (Å²) < 4.78 is 26.6. The third kappa shape index (κ3) is 2.07. The number of nitrogens with zero attached hydrogens (tertiary/aromatic N) is 2. The molecule has 0 bridgehead atoms. The highest BCUT2D eigenvalue weighted by molar-refractivity contribution is 7.89. The largest absolute Gasteiger partial charge is 0.281 e. The Kier molecular flexibility index (Phi) is 3.51. The fourth-order valence-electron chi connectivity index (χ4n) is 2.67. The van der Waals surface area contributed by atoms with Gasteiger partial charge in [0.05, 0.1) is 11.9 Å². The van der Waals surface area contributed by atoms with Gasteiger partial charge in [0.1, 0.15) is 4.90 Å². The number of hydrogen-bond acceptors (Lipinski definition) is 3. The number of rotatable bonds is 4. The Labute approximate surface area is 109 Å². The van der Waals surface area contributed by atoms with Gasteiger partial charge in [0.15, 0.2) is 0 Å². The van der Waals surface area contributed by atoms with Crippen LogP contribution in [0.15, 0.2) is 11.1 Å². The van der Waals surface area contributed by atoms with Crippen LogP contribution in [0.2, 0.25) is 0 Å². The molecule has 1 fully saturated rings. The summed E-state index contributed by atoms with van der Waals surface area (Å²) in [4.78, 5) is 0.311. The minimum Gasteiger partial charge on any atom is -0.281 e. The van der Waals surface area contributed by atoms with E-state index in [9.17, 15) is 8.42 Å². The quantitative estimate of drug-likeness (QED) is 0.909. The number of H-pyrrole nitrogens is 1. The Hall–Kier alpha value is -0.880. The fourth-order valence-corrected chi connectivity index (χ4v) is 4.34. The molecule has 0 aromatic carbocycles. The molecule has 0 spiro atoms. The molecule has 0 radical (unpaired) electrons. The van der Waals surface area contributed by atoms with Gasteiger partial charge in [-0.15, -0.1) is 0 Å². The van der Waals surface area contributed by atoms with E-state index in [4.69, 9.17) is 0 Å². The SMILES string of the molecule is CCC1(CC)CCN(S(=O)(=O)c2cn[nH]c2C)C1. The van der Waals surface area contributed by atoms with E-state index in [0.29, 0.717) is 23.7 Å². The highest BCUT2D eigenvalue weighted by Gasteiger charge is 2.41. The van der Waals surface area contributed by atoms with Gasteiger partial charge in [-0.3, -0.25) is 5.10 Å². The molecule has 102 valence electrons. The van der Waals surface area contributed by atoms with Crippen molar-refractivity contribution in [2.45, 2.75) is 44.9 Å². The van der Waals surface area contributed by atoms with Gasteiger partial charge in [-0.25, -0.2) is 8.42 Å². The molecule has 1 aliphatic rings. The zero-order valence-electron chi connectivity index (χ0n) is 11.2. The molecular formula is C12H21N3O2S. The van der Waals surface area contributed by atoms with Crippen molar-refractivity contribution in [2.75, 3.05) is 13.1 Å². The Morgan fingerprint density at radius 2 is 2.11 bits per heavy atom. The first-order valence-corrected chi connectivity index (χ1v) is 7.89. The first-order valence-electron chi connectivity index (χ1n) is 6.45. The summed E-state index contributed by atoms with van der Waals surface area (Å²) in [5.41, 5.74) is 0.769. The van der Waals surface area contributed by atoms with E-state index in [1.807, 2.05) is 0 Å². The second-order valence-electron chi connectivity index (χ2n) is 5.15. The van der Waals surface area contributed by atoms with Crippen molar-refractivity contribution in [3.63, 3.8) is 0 Å². The molecule has 0 amide bonds. The maximum atomic E-state index is 12.5. The molecule has 18 heavy (non-hydrogen) atoms. The van der Waals surface area contributed by atoms with Crippen molar-refractivity contribution in [1.82, 2.24) is 14.5 Å². The summed E-state index contributed by atoms with van der Waals surface area (Å²) in [6.45, 7) is 7.27. The molecule has 6 heteroatoms. The topological polar surface area (TPSA) is 66.1 Å². The van der Waals surface area contributed by atoms with Crippen LogP contribution in [0, 0.1) is 12.3 Å². The van der Waals surface area contributed by atoms with Crippen molar-refractivity contribution >= 4 is 10.0 Å². The van der Waals surface area contributed by atoms with Gasteiger partial charge in [0.25, 0.3) is 0 Å². The van der Waals surface area contributed by atoms with Gasteiger partial charge in [-0.05, 0) is 31.6 Å². The molecule has 1 aliphatic heterocycles. The third-order valence-corrected chi connectivity index (χ3v) is 6.26. The minimum atomic E-state index is -3.38. The van der Waals surface area contributed by atoms with E-state index in [0.717, 1.165) is 19.3 Å². The van der Waals surface area contributed by atoms with Crippen molar-refractivity contribution in [3.05, 3.63) is 11.9 Å². The van der Waals surface area contributed by atoms with Gasteiger partial charge < -0.3 is 0 Å². The smallest absolute Gasteiger partial charge is 0.246 e. The van der Waals surface area contributed by atoms with Gasteiger partial charge in [-0.2, -0.15) is 9.40 Å². The van der Waals surface area contributed by atoms with Crippen molar-refractivity contribution in [3.8, 4) is 0 Å². The van der Waals surface area contributed by atoms with Crippen LogP contribution in [0.25, 0.3) is 0 Å². The Morgan fingerprint density at radius 3 is 2.56 bits per heavy atom. The first-order chi connectivity index (χ1) is 8.45. The lowest BCUT2D eigenvalue weighted by molar-refractivity contribution is 0.279. The maximum Gasteiger partial charge on any atom is 0.246 e. The number of nitrogens with one attached hydrogen (secondary N) is 1. The molecule has 0 atom stereocenters. The first kappa shape index (κ1) is 13.5. The summed E-state index contributed by atoms with van der Waals surface area (Å²) in [5, 5.41) is 6.50. The maximum absolute atomic E-state index is 12.5. The zero-order valence-corrected chi connectivity index (χ0v) is 12.0. The van der Waals surface area contributed by atoms with E-state index >= 15 is 0 Å². The molecule has 1 saturated heterocycles. The second kappa shape index (κ2) is 4.66. The van der Waals surface area contributed by atoms with Crippen LogP contribution in [0.1, 0.15) is 38.8 Å². The summed E-state index contributed by atoms with van der Waals surface area (Å²) in [6, 6.07) is 0. The molecule has 1 aromatic heterocycles. The van der Waals surface area contributed by atoms with E-state index < -0.39 is 10.0 Å². The number of hydrogen-bond donors (Lipinski definition) is 1. The number of aromatic amines is 1. The molecule has 1 N–H and O–H groups in total. The lowest BCUT2D eigenvalue weighted by Gasteiger charge is -2.26. The van der Waals surface area contributed by atoms with Gasteiger partial charge in [0.2, 0.25) is 10.0 Å². The van der Waals surface area contributed by atoms with Gasteiger partial charge in [0, 0.05) is 13.1 Å². The van der Waals surface area contributed by atoms with Gasteiger partial charge in [-0.1, -0.05) is 13.8 Å². The van der Waals surface area contributed by atoms with Crippen LogP contribution < -0.4 is 0 Å². The summed E-state index contributed by atoms with van der Waals surface area (Å²) in [6.07, 6.45) is 4.42. The standard InChI is InChI=1S/C12H21N3O2S/c1-4-12(5-2)6-7-15(9-12)18(16,17)11-8-13-14-10(11)3/h8H,4-7,9H2,1-3H3,(H,13,14). The number of aryl methyl sites for hydroxylation is 1. The normalized spacial score (nSPS) is 20.4. The minimum absolute atomic E-state index is 0.157. The van der Waals surface area contributed by atoms with E-state index in [1.165, 1.54) is 6.20 Å². The summed E-state index contributed by atoms with van der Waals surface area (Å²) in [7, 11) is -3.38. The molecule has 0 saturated carbocycles. The Balaban J connectivity index is 2.27. The lowest BCUT2D eigenvalue weighted by atomic mass is 9.82. The highest BCUT2D eigenvalue weighted by atomic mass is 32.2. The van der Waals surface area contributed by atoms with Crippen molar-refractivity contribution in [1.29, 1.82) is 0 Å². The molecule has 0 aliphatic carbocycles. The Morgan fingerprint density at radius 1 is 1.44 bits per heavy atom. The predicted octanol–water partition coefficient (Wildman–Crippen LogP) is 1.92. The van der Waals surface area contributed by atoms with Crippen LogP contribution in [-0.2, 0) is 10.0 Å². The van der Waals surface area contributed by atoms with Crippen LogP contribution in [-0.4, -0.2) is 36.0 Å². The average Bonchev–Trinajstić information content (AvgIpc) is 2.96. The third-order valence-electron chi connectivity index (χ3n) is 4.30. The number of aromatic nitrogens is 2. The van der Waals surface area contributed by atoms with Crippen LogP contribution in [0.5, 0.6) is 0 Å². The monoisotopic (exact) mass is 271 g/mol. The molecule has 0 unspecified atom stereocenters. The summed E-state index contributed by atoms with van der Waals surface area (Å²) >= 11 is 0.